The van der Waals surface area contributed by atoms with E-state index < -0.39 is 0 Å². The molecule has 0 aromatic carbocycles. The molecule has 2 N–H and O–H groups in total. The Morgan fingerprint density at radius 3 is 2.68 bits per heavy atom. The quantitative estimate of drug-likeness (QED) is 0.859. The van der Waals surface area contributed by atoms with Gasteiger partial charge in [-0.1, -0.05) is 33.1 Å². The monoisotopic (exact) mass is 264 g/mol. The van der Waals surface area contributed by atoms with Gasteiger partial charge in [-0.2, -0.15) is 0 Å². The maximum atomic E-state index is 5.91. The Balaban J connectivity index is 2.01. The van der Waals surface area contributed by atoms with E-state index in [0.29, 0.717) is 17.9 Å². The Morgan fingerprint density at radius 1 is 1.32 bits per heavy atom. The largest absolute Gasteiger partial charge is 0.330 e. The van der Waals surface area contributed by atoms with Gasteiger partial charge in [0.1, 0.15) is 12.2 Å². The van der Waals surface area contributed by atoms with E-state index >= 15 is 0 Å². The summed E-state index contributed by atoms with van der Waals surface area (Å²) in [5.41, 5.74) is 5.91. The van der Waals surface area contributed by atoms with Gasteiger partial charge in [0.25, 0.3) is 0 Å². The molecule has 108 valence electrons. The maximum Gasteiger partial charge on any atom is 0.133 e. The van der Waals surface area contributed by atoms with Gasteiger partial charge in [-0.05, 0) is 37.6 Å². The molecule has 2 rings (SSSR count). The molecular weight excluding hydrogens is 236 g/mol. The van der Waals surface area contributed by atoms with E-state index in [0.717, 1.165) is 18.8 Å². The van der Waals surface area contributed by atoms with Crippen molar-refractivity contribution in [2.45, 2.75) is 64.8 Å². The van der Waals surface area contributed by atoms with Crippen LogP contribution in [0.3, 0.4) is 0 Å². The lowest BCUT2D eigenvalue weighted by molar-refractivity contribution is 0.334. The number of rotatable bonds is 6. The molecule has 0 saturated heterocycles. The van der Waals surface area contributed by atoms with Crippen LogP contribution in [-0.2, 0) is 6.42 Å². The highest BCUT2D eigenvalue weighted by Crippen LogP contribution is 2.29. The second kappa shape index (κ2) is 7.04. The Kier molecular flexibility index (Phi) is 5.37. The summed E-state index contributed by atoms with van der Waals surface area (Å²) >= 11 is 0. The molecule has 1 atom stereocenters. The molecular formula is C15H28N4. The molecule has 1 heterocycles. The highest BCUT2D eigenvalue weighted by molar-refractivity contribution is 4.93. The van der Waals surface area contributed by atoms with Crippen molar-refractivity contribution in [3.63, 3.8) is 0 Å². The summed E-state index contributed by atoms with van der Waals surface area (Å²) in [6.07, 6.45) is 10.7. The molecule has 19 heavy (non-hydrogen) atoms. The van der Waals surface area contributed by atoms with Crippen molar-refractivity contribution in [3.8, 4) is 0 Å². The molecule has 1 aromatic rings. The highest BCUT2D eigenvalue weighted by Gasteiger charge is 2.20. The van der Waals surface area contributed by atoms with Crippen LogP contribution >= 0.6 is 0 Å². The van der Waals surface area contributed by atoms with Crippen LogP contribution in [0.15, 0.2) is 6.33 Å². The van der Waals surface area contributed by atoms with Gasteiger partial charge < -0.3 is 10.3 Å². The van der Waals surface area contributed by atoms with Crippen molar-refractivity contribution in [2.75, 3.05) is 6.54 Å². The number of nitrogens with two attached hydrogens (primary N) is 1. The molecule has 0 aliphatic heterocycles. The average Bonchev–Trinajstić information content (AvgIpc) is 2.86. The predicted molar refractivity (Wildman–Crippen MR) is 77.8 cm³/mol. The smallest absolute Gasteiger partial charge is 0.133 e. The third kappa shape index (κ3) is 4.03. The van der Waals surface area contributed by atoms with E-state index in [1.54, 1.807) is 0 Å². The first-order valence-corrected chi connectivity index (χ1v) is 7.79. The van der Waals surface area contributed by atoms with Crippen LogP contribution in [0.5, 0.6) is 0 Å². The molecule has 0 bridgehead atoms. The topological polar surface area (TPSA) is 56.7 Å². The van der Waals surface area contributed by atoms with Gasteiger partial charge in [-0.15, -0.1) is 10.2 Å². The lowest BCUT2D eigenvalue weighted by Crippen LogP contribution is -2.22. The number of aromatic nitrogens is 3. The minimum Gasteiger partial charge on any atom is -0.330 e. The maximum absolute atomic E-state index is 5.91. The molecule has 1 aliphatic carbocycles. The fraction of sp³-hybridized carbons (Fsp3) is 0.867. The Hall–Kier alpha value is -0.900. The zero-order valence-electron chi connectivity index (χ0n) is 12.4. The third-order valence-corrected chi connectivity index (χ3v) is 4.22. The van der Waals surface area contributed by atoms with Gasteiger partial charge in [-0.3, -0.25) is 0 Å². The zero-order valence-corrected chi connectivity index (χ0v) is 12.4. The molecule has 0 radical (unpaired) electrons. The number of nitrogens with zero attached hydrogens (tertiary/aromatic N) is 3. The predicted octanol–water partition coefficient (Wildman–Crippen LogP) is 2.95. The van der Waals surface area contributed by atoms with Gasteiger partial charge in [0.15, 0.2) is 0 Å². The molecule has 4 heteroatoms. The fourth-order valence-electron chi connectivity index (χ4n) is 3.26. The summed E-state index contributed by atoms with van der Waals surface area (Å²) in [6.45, 7) is 5.26. The van der Waals surface area contributed by atoms with Crippen LogP contribution in [-0.4, -0.2) is 21.3 Å². The van der Waals surface area contributed by atoms with Crippen LogP contribution in [0.4, 0.5) is 0 Å². The average molecular weight is 264 g/mol. The lowest BCUT2D eigenvalue weighted by atomic mass is 9.92. The first-order chi connectivity index (χ1) is 9.20. The standard InChI is InChI=1S/C15H28N4/c1-12(2)8-13(10-16)9-15-18-17-11-19(15)14-6-4-3-5-7-14/h11-14H,3-10,16H2,1-2H3/t13-/m0/s1. The van der Waals surface area contributed by atoms with Gasteiger partial charge >= 0.3 is 0 Å². The van der Waals surface area contributed by atoms with Crippen molar-refractivity contribution < 1.29 is 0 Å². The SMILES string of the molecule is CC(C)C[C@H](CN)Cc1nncn1C1CCCCC1. The minimum absolute atomic E-state index is 0.534. The molecule has 1 aliphatic rings. The van der Waals surface area contributed by atoms with E-state index in [-0.39, 0.29) is 0 Å². The summed E-state index contributed by atoms with van der Waals surface area (Å²) in [5, 5.41) is 8.48. The highest BCUT2D eigenvalue weighted by atomic mass is 15.3. The summed E-state index contributed by atoms with van der Waals surface area (Å²) in [7, 11) is 0. The van der Waals surface area contributed by atoms with Crippen LogP contribution < -0.4 is 5.73 Å². The van der Waals surface area contributed by atoms with Crippen LogP contribution in [0.25, 0.3) is 0 Å². The van der Waals surface area contributed by atoms with Gasteiger partial charge in [0.2, 0.25) is 0 Å². The second-order valence-electron chi connectivity index (χ2n) is 6.38. The summed E-state index contributed by atoms with van der Waals surface area (Å²) in [5.74, 6) is 2.37. The fourth-order valence-corrected chi connectivity index (χ4v) is 3.26. The second-order valence-corrected chi connectivity index (χ2v) is 6.38. The molecule has 0 unspecified atom stereocenters. The summed E-state index contributed by atoms with van der Waals surface area (Å²) < 4.78 is 2.32. The van der Waals surface area contributed by atoms with Crippen molar-refractivity contribution in [1.82, 2.24) is 14.8 Å². The van der Waals surface area contributed by atoms with Crippen molar-refractivity contribution >= 4 is 0 Å². The lowest BCUT2D eigenvalue weighted by Gasteiger charge is -2.25. The van der Waals surface area contributed by atoms with Crippen LogP contribution in [0.2, 0.25) is 0 Å². The van der Waals surface area contributed by atoms with E-state index in [2.05, 4.69) is 28.6 Å². The minimum atomic E-state index is 0.534. The van der Waals surface area contributed by atoms with E-state index in [1.165, 1.54) is 38.5 Å². The van der Waals surface area contributed by atoms with E-state index in [1.807, 2.05) is 6.33 Å². The third-order valence-electron chi connectivity index (χ3n) is 4.22. The van der Waals surface area contributed by atoms with E-state index in [4.69, 9.17) is 5.73 Å². The molecule has 1 fully saturated rings. The van der Waals surface area contributed by atoms with Gasteiger partial charge in [0, 0.05) is 12.5 Å². The number of hydrogen-bond acceptors (Lipinski definition) is 3. The normalized spacial score (nSPS) is 18.9. The molecule has 0 amide bonds. The summed E-state index contributed by atoms with van der Waals surface area (Å²) in [6, 6.07) is 0.622. The Bertz CT molecular complexity index is 366. The summed E-state index contributed by atoms with van der Waals surface area (Å²) in [4.78, 5) is 0. The van der Waals surface area contributed by atoms with Crippen molar-refractivity contribution in [2.24, 2.45) is 17.6 Å². The Morgan fingerprint density at radius 2 is 2.05 bits per heavy atom. The van der Waals surface area contributed by atoms with Gasteiger partial charge in [-0.25, -0.2) is 0 Å². The van der Waals surface area contributed by atoms with E-state index in [9.17, 15) is 0 Å². The molecule has 1 saturated carbocycles. The number of hydrogen-bond donors (Lipinski definition) is 1. The van der Waals surface area contributed by atoms with Crippen molar-refractivity contribution in [1.29, 1.82) is 0 Å². The zero-order chi connectivity index (χ0) is 13.7. The first kappa shape index (κ1) is 14.5. The van der Waals surface area contributed by atoms with Crippen LogP contribution in [0.1, 0.15) is 64.2 Å². The Labute approximate surface area is 116 Å². The molecule has 4 nitrogen and oxygen atoms in total. The van der Waals surface area contributed by atoms with Crippen molar-refractivity contribution in [3.05, 3.63) is 12.2 Å². The van der Waals surface area contributed by atoms with Gasteiger partial charge in [0.05, 0.1) is 0 Å². The molecule has 1 aromatic heterocycles. The van der Waals surface area contributed by atoms with Crippen LogP contribution in [0, 0.1) is 11.8 Å². The first-order valence-electron chi connectivity index (χ1n) is 7.79. The molecule has 0 spiro atoms.